The van der Waals surface area contributed by atoms with Gasteiger partial charge in [0.1, 0.15) is 6.07 Å². The van der Waals surface area contributed by atoms with Gasteiger partial charge in [-0.25, -0.2) is 0 Å². The van der Waals surface area contributed by atoms with Gasteiger partial charge in [0.15, 0.2) is 0 Å². The molecule has 3 heteroatoms. The summed E-state index contributed by atoms with van der Waals surface area (Å²) >= 11 is 5.97. The van der Waals surface area contributed by atoms with Crippen molar-refractivity contribution in [3.63, 3.8) is 0 Å². The molecule has 2 unspecified atom stereocenters. The van der Waals surface area contributed by atoms with Crippen LogP contribution in [0.5, 0.6) is 0 Å². The predicted octanol–water partition coefficient (Wildman–Crippen LogP) is 5.37. The largest absolute Gasteiger partial charge is 0.382 e. The lowest BCUT2D eigenvalue weighted by Crippen LogP contribution is -2.18. The summed E-state index contributed by atoms with van der Waals surface area (Å²) in [6, 6.07) is 8.30. The van der Waals surface area contributed by atoms with Gasteiger partial charge in [0.05, 0.1) is 10.6 Å². The van der Waals surface area contributed by atoms with Crippen molar-refractivity contribution in [1.82, 2.24) is 0 Å². The van der Waals surface area contributed by atoms with Gasteiger partial charge in [-0.2, -0.15) is 5.26 Å². The lowest BCUT2D eigenvalue weighted by molar-refractivity contribution is 0.422. The van der Waals surface area contributed by atoms with Crippen molar-refractivity contribution < 1.29 is 0 Å². The normalized spacial score (nSPS) is 22.9. The SMILES string of the molecule is CCCC1CCCC(Nc2ccc(Cl)c(C#N)c2)CC1. The van der Waals surface area contributed by atoms with E-state index in [1.54, 1.807) is 6.07 Å². The van der Waals surface area contributed by atoms with Gasteiger partial charge < -0.3 is 5.32 Å². The Kier molecular flexibility index (Phi) is 5.73. The molecule has 0 bridgehead atoms. The zero-order valence-corrected chi connectivity index (χ0v) is 12.9. The summed E-state index contributed by atoms with van der Waals surface area (Å²) in [6.07, 6.45) is 9.12. The maximum atomic E-state index is 9.03. The van der Waals surface area contributed by atoms with Gasteiger partial charge in [0.2, 0.25) is 0 Å². The van der Waals surface area contributed by atoms with E-state index >= 15 is 0 Å². The average Bonchev–Trinajstić information content (AvgIpc) is 2.67. The molecule has 1 N–H and O–H groups in total. The Morgan fingerprint density at radius 2 is 2.15 bits per heavy atom. The molecule has 1 aromatic rings. The smallest absolute Gasteiger partial charge is 0.101 e. The Morgan fingerprint density at radius 1 is 1.30 bits per heavy atom. The highest BCUT2D eigenvalue weighted by atomic mass is 35.5. The van der Waals surface area contributed by atoms with Crippen LogP contribution >= 0.6 is 11.6 Å². The number of hydrogen-bond acceptors (Lipinski definition) is 2. The standard InChI is InChI=1S/C17H23ClN2/c1-2-4-13-5-3-6-15(8-7-13)20-16-9-10-17(18)14(11-16)12-19/h9-11,13,15,20H,2-8H2,1H3. The van der Waals surface area contributed by atoms with Crippen LogP contribution in [-0.4, -0.2) is 6.04 Å². The first kappa shape index (κ1) is 15.2. The minimum absolute atomic E-state index is 0.530. The molecule has 1 aromatic carbocycles. The van der Waals surface area contributed by atoms with Crippen LogP contribution in [-0.2, 0) is 0 Å². The van der Waals surface area contributed by atoms with Gasteiger partial charge in [-0.1, -0.05) is 44.2 Å². The maximum absolute atomic E-state index is 9.03. The van der Waals surface area contributed by atoms with Gasteiger partial charge in [-0.15, -0.1) is 0 Å². The molecule has 2 atom stereocenters. The second-order valence-corrected chi connectivity index (χ2v) is 6.22. The third-order valence-electron chi connectivity index (χ3n) is 4.24. The quantitative estimate of drug-likeness (QED) is 0.756. The molecule has 20 heavy (non-hydrogen) atoms. The summed E-state index contributed by atoms with van der Waals surface area (Å²) in [5, 5.41) is 13.1. The zero-order valence-electron chi connectivity index (χ0n) is 12.2. The van der Waals surface area contributed by atoms with Crippen LogP contribution in [0.2, 0.25) is 5.02 Å². The van der Waals surface area contributed by atoms with Crippen molar-refractivity contribution in [2.24, 2.45) is 5.92 Å². The molecule has 2 rings (SSSR count). The molecule has 1 aliphatic carbocycles. The van der Waals surface area contributed by atoms with Crippen molar-refractivity contribution in [3.8, 4) is 6.07 Å². The van der Waals surface area contributed by atoms with Crippen molar-refractivity contribution in [3.05, 3.63) is 28.8 Å². The molecule has 1 saturated carbocycles. The van der Waals surface area contributed by atoms with E-state index in [1.165, 1.54) is 44.9 Å². The van der Waals surface area contributed by atoms with Crippen molar-refractivity contribution in [1.29, 1.82) is 5.26 Å². The molecule has 2 nitrogen and oxygen atoms in total. The molecule has 0 aliphatic heterocycles. The Morgan fingerprint density at radius 3 is 2.90 bits per heavy atom. The fourth-order valence-electron chi connectivity index (χ4n) is 3.16. The number of hydrogen-bond donors (Lipinski definition) is 1. The minimum Gasteiger partial charge on any atom is -0.382 e. The Hall–Kier alpha value is -1.20. The topological polar surface area (TPSA) is 35.8 Å². The molecule has 108 valence electrons. The van der Waals surface area contributed by atoms with E-state index in [0.717, 1.165) is 11.6 Å². The summed E-state index contributed by atoms with van der Waals surface area (Å²) in [5.74, 6) is 0.909. The van der Waals surface area contributed by atoms with Crippen molar-refractivity contribution in [2.45, 2.75) is 57.9 Å². The third-order valence-corrected chi connectivity index (χ3v) is 4.57. The predicted molar refractivity (Wildman–Crippen MR) is 85.1 cm³/mol. The highest BCUT2D eigenvalue weighted by molar-refractivity contribution is 6.31. The number of nitrogens with zero attached hydrogens (tertiary/aromatic N) is 1. The second kappa shape index (κ2) is 7.55. The summed E-state index contributed by atoms with van der Waals surface area (Å²) in [7, 11) is 0. The van der Waals surface area contributed by atoms with E-state index in [9.17, 15) is 0 Å². The molecule has 0 heterocycles. The van der Waals surface area contributed by atoms with Gasteiger partial charge >= 0.3 is 0 Å². The number of halogens is 1. The number of benzene rings is 1. The summed E-state index contributed by atoms with van der Waals surface area (Å²) in [5.41, 5.74) is 1.57. The lowest BCUT2D eigenvalue weighted by Gasteiger charge is -2.18. The second-order valence-electron chi connectivity index (χ2n) is 5.81. The van der Waals surface area contributed by atoms with Crippen molar-refractivity contribution >= 4 is 17.3 Å². The van der Waals surface area contributed by atoms with Crippen LogP contribution in [0.25, 0.3) is 0 Å². The molecule has 1 aliphatic rings. The Balaban J connectivity index is 1.95. The number of anilines is 1. The van der Waals surface area contributed by atoms with E-state index in [1.807, 2.05) is 12.1 Å². The average molecular weight is 291 g/mol. The monoisotopic (exact) mass is 290 g/mol. The third kappa shape index (κ3) is 4.15. The molecule has 0 radical (unpaired) electrons. The summed E-state index contributed by atoms with van der Waals surface area (Å²) < 4.78 is 0. The maximum Gasteiger partial charge on any atom is 0.101 e. The van der Waals surface area contributed by atoms with Crippen LogP contribution in [0, 0.1) is 17.2 Å². The highest BCUT2D eigenvalue weighted by Gasteiger charge is 2.18. The van der Waals surface area contributed by atoms with Gasteiger partial charge in [-0.05, 0) is 43.4 Å². The van der Waals surface area contributed by atoms with Crippen molar-refractivity contribution in [2.75, 3.05) is 5.32 Å². The van der Waals surface area contributed by atoms with Crippen LogP contribution in [0.15, 0.2) is 18.2 Å². The first-order chi connectivity index (χ1) is 9.72. The fraction of sp³-hybridized carbons (Fsp3) is 0.588. The van der Waals surface area contributed by atoms with Crippen LogP contribution in [0.3, 0.4) is 0 Å². The first-order valence-electron chi connectivity index (χ1n) is 7.69. The Labute approximate surface area is 127 Å². The highest BCUT2D eigenvalue weighted by Crippen LogP contribution is 2.29. The van der Waals surface area contributed by atoms with Crippen LogP contribution in [0.4, 0.5) is 5.69 Å². The number of rotatable bonds is 4. The van der Waals surface area contributed by atoms with E-state index in [0.29, 0.717) is 16.6 Å². The number of nitriles is 1. The Bertz CT molecular complexity index is 478. The van der Waals surface area contributed by atoms with E-state index in [2.05, 4.69) is 18.3 Å². The molecule has 0 saturated heterocycles. The molecule has 0 spiro atoms. The zero-order chi connectivity index (χ0) is 14.4. The van der Waals surface area contributed by atoms with Crippen LogP contribution in [0.1, 0.15) is 57.4 Å². The molecule has 1 fully saturated rings. The minimum atomic E-state index is 0.530. The van der Waals surface area contributed by atoms with Gasteiger partial charge in [0, 0.05) is 11.7 Å². The van der Waals surface area contributed by atoms with E-state index in [-0.39, 0.29) is 0 Å². The first-order valence-corrected chi connectivity index (χ1v) is 8.07. The molecular formula is C17H23ClN2. The molecular weight excluding hydrogens is 268 g/mol. The van der Waals surface area contributed by atoms with Crippen LogP contribution < -0.4 is 5.32 Å². The van der Waals surface area contributed by atoms with E-state index < -0.39 is 0 Å². The lowest BCUT2D eigenvalue weighted by atomic mass is 9.95. The van der Waals surface area contributed by atoms with E-state index in [4.69, 9.17) is 16.9 Å². The summed E-state index contributed by atoms with van der Waals surface area (Å²) in [4.78, 5) is 0. The van der Waals surface area contributed by atoms with Gasteiger partial charge in [0.25, 0.3) is 0 Å². The summed E-state index contributed by atoms with van der Waals surface area (Å²) in [6.45, 7) is 2.28. The fourth-order valence-corrected chi connectivity index (χ4v) is 3.32. The molecule has 0 aromatic heterocycles. The number of nitrogens with one attached hydrogen (secondary N) is 1. The van der Waals surface area contributed by atoms with Gasteiger partial charge in [-0.3, -0.25) is 0 Å². The molecule has 0 amide bonds.